The van der Waals surface area contributed by atoms with Gasteiger partial charge in [-0.3, -0.25) is 4.79 Å². The molecule has 1 amide bonds. The number of likely N-dealkylation sites (N-methyl/N-ethyl adjacent to an activating group) is 1. The van der Waals surface area contributed by atoms with Crippen LogP contribution in [0.3, 0.4) is 0 Å². The second kappa shape index (κ2) is 7.41. The lowest BCUT2D eigenvalue weighted by atomic mass is 10.2. The summed E-state index contributed by atoms with van der Waals surface area (Å²) in [5.41, 5.74) is 1.13. The molecule has 5 nitrogen and oxygen atoms in total. The Labute approximate surface area is 127 Å². The van der Waals surface area contributed by atoms with Gasteiger partial charge in [0.15, 0.2) is 0 Å². The normalized spacial score (nSPS) is 14.8. The Bertz CT molecular complexity index is 469. The van der Waals surface area contributed by atoms with Crippen LogP contribution in [0.4, 0.5) is 5.82 Å². The number of likely N-dealkylation sites (tertiary alicyclic amines) is 1. The summed E-state index contributed by atoms with van der Waals surface area (Å²) in [5.74, 6) is 1.08. The summed E-state index contributed by atoms with van der Waals surface area (Å²) in [5, 5.41) is 3.40. The van der Waals surface area contributed by atoms with Crippen LogP contribution >= 0.6 is 0 Å². The zero-order valence-corrected chi connectivity index (χ0v) is 13.3. The molecule has 1 aliphatic rings. The summed E-state index contributed by atoms with van der Waals surface area (Å²) in [6.07, 6.45) is 4.04. The molecule has 0 spiro atoms. The molecule has 1 N–H and O–H groups in total. The van der Waals surface area contributed by atoms with Crippen molar-refractivity contribution in [3.8, 4) is 0 Å². The summed E-state index contributed by atoms with van der Waals surface area (Å²) < 4.78 is 0. The Kier molecular flexibility index (Phi) is 5.56. The van der Waals surface area contributed by atoms with Gasteiger partial charge in [0.25, 0.3) is 0 Å². The van der Waals surface area contributed by atoms with Crippen molar-refractivity contribution in [3.05, 3.63) is 23.9 Å². The van der Waals surface area contributed by atoms with Crippen LogP contribution in [0.1, 0.15) is 32.3 Å². The lowest BCUT2D eigenvalue weighted by Gasteiger charge is -2.24. The van der Waals surface area contributed by atoms with Gasteiger partial charge in [-0.25, -0.2) is 4.98 Å². The Morgan fingerprint density at radius 2 is 2.14 bits per heavy atom. The first-order chi connectivity index (χ1) is 10.1. The van der Waals surface area contributed by atoms with Crippen LogP contribution in [0, 0.1) is 0 Å². The first kappa shape index (κ1) is 15.8. The van der Waals surface area contributed by atoms with Gasteiger partial charge >= 0.3 is 0 Å². The van der Waals surface area contributed by atoms with Crippen molar-refractivity contribution in [1.29, 1.82) is 0 Å². The van der Waals surface area contributed by atoms with Gasteiger partial charge in [0.1, 0.15) is 5.82 Å². The minimum absolute atomic E-state index is 0.198. The lowest BCUT2D eigenvalue weighted by Crippen LogP contribution is -2.38. The van der Waals surface area contributed by atoms with Crippen molar-refractivity contribution in [1.82, 2.24) is 15.2 Å². The highest BCUT2D eigenvalue weighted by Gasteiger charge is 2.20. The molecule has 1 aromatic rings. The summed E-state index contributed by atoms with van der Waals surface area (Å²) in [4.78, 5) is 20.6. The maximum absolute atomic E-state index is 12.2. The zero-order chi connectivity index (χ0) is 15.2. The van der Waals surface area contributed by atoms with Gasteiger partial charge in [-0.2, -0.15) is 0 Å². The minimum Gasteiger partial charge on any atom is -0.350 e. The molecule has 0 aliphatic carbocycles. The molecule has 1 fully saturated rings. The molecule has 2 rings (SSSR count). The third kappa shape index (κ3) is 4.43. The molecule has 1 aliphatic heterocycles. The van der Waals surface area contributed by atoms with Gasteiger partial charge < -0.3 is 15.1 Å². The fraction of sp³-hybridized carbons (Fsp3) is 0.625. The molecule has 0 unspecified atom stereocenters. The topological polar surface area (TPSA) is 48.5 Å². The fourth-order valence-corrected chi connectivity index (χ4v) is 2.57. The highest BCUT2D eigenvalue weighted by atomic mass is 16.2. The number of amides is 1. The van der Waals surface area contributed by atoms with E-state index in [4.69, 9.17) is 0 Å². The van der Waals surface area contributed by atoms with E-state index in [1.165, 1.54) is 0 Å². The van der Waals surface area contributed by atoms with E-state index in [1.807, 2.05) is 22.9 Å². The predicted octanol–water partition coefficient (Wildman–Crippen LogP) is 1.64. The van der Waals surface area contributed by atoms with Gasteiger partial charge in [-0.1, -0.05) is 19.9 Å². The van der Waals surface area contributed by atoms with Gasteiger partial charge in [-0.15, -0.1) is 0 Å². The Balaban J connectivity index is 2.00. The quantitative estimate of drug-likeness (QED) is 0.865. The summed E-state index contributed by atoms with van der Waals surface area (Å²) in [6, 6.07) is 4.43. The van der Waals surface area contributed by atoms with E-state index in [2.05, 4.69) is 30.2 Å². The van der Waals surface area contributed by atoms with E-state index >= 15 is 0 Å². The number of nitrogens with zero attached hydrogens (tertiary/aromatic N) is 3. The number of rotatable bonds is 6. The molecule has 0 saturated carbocycles. The summed E-state index contributed by atoms with van der Waals surface area (Å²) in [6.45, 7) is 7.20. The van der Waals surface area contributed by atoms with E-state index in [9.17, 15) is 4.79 Å². The average Bonchev–Trinajstić information content (AvgIpc) is 2.99. The van der Waals surface area contributed by atoms with E-state index in [0.29, 0.717) is 12.6 Å². The third-order valence-corrected chi connectivity index (χ3v) is 3.76. The Morgan fingerprint density at radius 3 is 2.81 bits per heavy atom. The number of carbonyl (C=O) groups excluding carboxylic acids is 1. The average molecular weight is 290 g/mol. The maximum Gasteiger partial charge on any atom is 0.242 e. The van der Waals surface area contributed by atoms with Crippen molar-refractivity contribution in [2.45, 2.75) is 39.3 Å². The van der Waals surface area contributed by atoms with Crippen LogP contribution in [-0.2, 0) is 11.3 Å². The van der Waals surface area contributed by atoms with Gasteiger partial charge in [-0.05, 0) is 18.9 Å². The molecular weight excluding hydrogens is 264 g/mol. The molecular formula is C16H26N4O. The molecule has 0 bridgehead atoms. The Hall–Kier alpha value is -1.62. The van der Waals surface area contributed by atoms with E-state index in [1.54, 1.807) is 6.20 Å². The lowest BCUT2D eigenvalue weighted by molar-refractivity contribution is -0.128. The SMILES string of the molecule is CC(C)NCc1cccnc1N(C)CC(=O)N1CCCC1. The van der Waals surface area contributed by atoms with Crippen molar-refractivity contribution in [2.75, 3.05) is 31.6 Å². The molecule has 1 saturated heterocycles. The van der Waals surface area contributed by atoms with E-state index in [-0.39, 0.29) is 5.91 Å². The highest BCUT2D eigenvalue weighted by Crippen LogP contribution is 2.16. The zero-order valence-electron chi connectivity index (χ0n) is 13.3. The first-order valence-electron chi connectivity index (χ1n) is 7.74. The minimum atomic E-state index is 0.198. The number of carbonyl (C=O) groups is 1. The summed E-state index contributed by atoms with van der Waals surface area (Å²) in [7, 11) is 1.94. The van der Waals surface area contributed by atoms with E-state index in [0.717, 1.165) is 43.9 Å². The Morgan fingerprint density at radius 1 is 1.43 bits per heavy atom. The maximum atomic E-state index is 12.2. The molecule has 5 heteroatoms. The van der Waals surface area contributed by atoms with Crippen molar-refractivity contribution < 1.29 is 4.79 Å². The number of anilines is 1. The largest absolute Gasteiger partial charge is 0.350 e. The van der Waals surface area contributed by atoms with Crippen molar-refractivity contribution >= 4 is 11.7 Å². The van der Waals surface area contributed by atoms with Crippen LogP contribution in [0.2, 0.25) is 0 Å². The van der Waals surface area contributed by atoms with Crippen molar-refractivity contribution in [3.63, 3.8) is 0 Å². The monoisotopic (exact) mass is 290 g/mol. The molecule has 0 atom stereocenters. The van der Waals surface area contributed by atoms with Crippen LogP contribution in [-0.4, -0.2) is 48.5 Å². The molecule has 2 heterocycles. The fourth-order valence-electron chi connectivity index (χ4n) is 2.57. The number of hydrogen-bond donors (Lipinski definition) is 1. The number of hydrogen-bond acceptors (Lipinski definition) is 4. The highest BCUT2D eigenvalue weighted by molar-refractivity contribution is 5.81. The molecule has 21 heavy (non-hydrogen) atoms. The number of nitrogens with one attached hydrogen (secondary N) is 1. The smallest absolute Gasteiger partial charge is 0.242 e. The first-order valence-corrected chi connectivity index (χ1v) is 7.74. The third-order valence-electron chi connectivity index (χ3n) is 3.76. The molecule has 0 aromatic carbocycles. The van der Waals surface area contributed by atoms with Crippen LogP contribution in [0.5, 0.6) is 0 Å². The molecule has 1 aromatic heterocycles. The molecule has 0 radical (unpaired) electrons. The standard InChI is InChI=1S/C16H26N4O/c1-13(2)18-11-14-7-6-8-17-16(14)19(3)12-15(21)20-9-4-5-10-20/h6-8,13,18H,4-5,9-12H2,1-3H3. The summed E-state index contributed by atoms with van der Waals surface area (Å²) >= 11 is 0. The second-order valence-corrected chi connectivity index (χ2v) is 5.97. The predicted molar refractivity (Wildman–Crippen MR) is 85.3 cm³/mol. The number of aromatic nitrogens is 1. The van der Waals surface area contributed by atoms with E-state index < -0.39 is 0 Å². The van der Waals surface area contributed by atoms with Crippen LogP contribution < -0.4 is 10.2 Å². The van der Waals surface area contributed by atoms with Crippen LogP contribution in [0.25, 0.3) is 0 Å². The molecule has 116 valence electrons. The number of pyridine rings is 1. The van der Waals surface area contributed by atoms with Crippen molar-refractivity contribution in [2.24, 2.45) is 0 Å². The van der Waals surface area contributed by atoms with Gasteiger partial charge in [0.05, 0.1) is 6.54 Å². The van der Waals surface area contributed by atoms with Gasteiger partial charge in [0, 0.05) is 44.5 Å². The van der Waals surface area contributed by atoms with Crippen LogP contribution in [0.15, 0.2) is 18.3 Å². The second-order valence-electron chi connectivity index (χ2n) is 5.97. The van der Waals surface area contributed by atoms with Gasteiger partial charge in [0.2, 0.25) is 5.91 Å².